The van der Waals surface area contributed by atoms with E-state index in [0.717, 1.165) is 31.6 Å². The quantitative estimate of drug-likeness (QED) is 0.543. The van der Waals surface area contributed by atoms with Crippen molar-refractivity contribution >= 4 is 29.2 Å². The molecule has 28 heavy (non-hydrogen) atoms. The van der Waals surface area contributed by atoms with Gasteiger partial charge >= 0.3 is 0 Å². The number of nitrogens with two attached hydrogens (primary N) is 1. The first-order valence-electron chi connectivity index (χ1n) is 9.47. The van der Waals surface area contributed by atoms with Gasteiger partial charge in [0.25, 0.3) is 5.91 Å². The van der Waals surface area contributed by atoms with E-state index in [1.54, 1.807) is 31.3 Å². The fraction of sp³-hybridized carbons (Fsp3) is 0.474. The fourth-order valence-corrected chi connectivity index (χ4v) is 3.15. The Balaban J connectivity index is 1.67. The molecule has 0 atom stereocenters. The standard InChI is InChI=1S/C19H28N8O/c1-21-15-5-4-14(18(23-15)22-9-8-12-10-13(20)11-12)19(28)24-16-6-7-17(26-25-16)27(2)3/h4-7,12-13H,8-11,20H2,1-3H3,(H2,21,22,23)(H,24,25,28). The number of hydrogen-bond donors (Lipinski definition) is 4. The molecule has 0 bridgehead atoms. The summed E-state index contributed by atoms with van der Waals surface area (Å²) in [6.07, 6.45) is 3.15. The minimum atomic E-state index is -0.282. The highest BCUT2D eigenvalue weighted by Crippen LogP contribution is 2.28. The predicted octanol–water partition coefficient (Wildman–Crippen LogP) is 1.77. The van der Waals surface area contributed by atoms with Crippen molar-refractivity contribution in [2.45, 2.75) is 25.3 Å². The number of amides is 1. The van der Waals surface area contributed by atoms with Gasteiger partial charge in [-0.15, -0.1) is 10.2 Å². The summed E-state index contributed by atoms with van der Waals surface area (Å²) < 4.78 is 0. The highest BCUT2D eigenvalue weighted by Gasteiger charge is 2.25. The van der Waals surface area contributed by atoms with E-state index in [4.69, 9.17) is 5.73 Å². The van der Waals surface area contributed by atoms with Crippen LogP contribution in [0.15, 0.2) is 24.3 Å². The second-order valence-corrected chi connectivity index (χ2v) is 7.28. The molecule has 1 amide bonds. The largest absolute Gasteiger partial charge is 0.373 e. The summed E-state index contributed by atoms with van der Waals surface area (Å²) in [6.45, 7) is 0.745. The fourth-order valence-electron chi connectivity index (χ4n) is 3.15. The van der Waals surface area contributed by atoms with Crippen molar-refractivity contribution in [1.29, 1.82) is 0 Å². The summed E-state index contributed by atoms with van der Waals surface area (Å²) in [5.74, 6) is 2.72. The molecule has 2 aromatic rings. The molecule has 0 spiro atoms. The maximum Gasteiger partial charge on any atom is 0.260 e. The lowest BCUT2D eigenvalue weighted by molar-refractivity contribution is 0.102. The number of pyridine rings is 1. The average Bonchev–Trinajstić information content (AvgIpc) is 2.66. The summed E-state index contributed by atoms with van der Waals surface area (Å²) in [6, 6.07) is 7.39. The minimum Gasteiger partial charge on any atom is -0.373 e. The van der Waals surface area contributed by atoms with Gasteiger partial charge in [0.2, 0.25) is 0 Å². The Hall–Kier alpha value is -2.94. The Labute approximate surface area is 165 Å². The van der Waals surface area contributed by atoms with E-state index in [-0.39, 0.29) is 5.91 Å². The van der Waals surface area contributed by atoms with Crippen molar-refractivity contribution < 1.29 is 4.79 Å². The number of nitrogens with zero attached hydrogens (tertiary/aromatic N) is 4. The van der Waals surface area contributed by atoms with Crippen LogP contribution in [0.3, 0.4) is 0 Å². The third-order valence-electron chi connectivity index (χ3n) is 4.86. The molecule has 150 valence electrons. The average molecular weight is 384 g/mol. The van der Waals surface area contributed by atoms with E-state index in [1.807, 2.05) is 19.0 Å². The number of carbonyl (C=O) groups is 1. The number of hydrogen-bond acceptors (Lipinski definition) is 8. The molecule has 0 unspecified atom stereocenters. The van der Waals surface area contributed by atoms with Crippen LogP contribution in [0.4, 0.5) is 23.3 Å². The summed E-state index contributed by atoms with van der Waals surface area (Å²) in [4.78, 5) is 19.1. The molecule has 0 radical (unpaired) electrons. The zero-order chi connectivity index (χ0) is 20.1. The topological polar surface area (TPSA) is 121 Å². The Bertz CT molecular complexity index is 802. The van der Waals surface area contributed by atoms with Crippen LogP contribution in [-0.2, 0) is 0 Å². The van der Waals surface area contributed by atoms with Crippen molar-refractivity contribution in [3.8, 4) is 0 Å². The van der Waals surface area contributed by atoms with Crippen molar-refractivity contribution in [3.05, 3.63) is 29.8 Å². The predicted molar refractivity (Wildman–Crippen MR) is 112 cm³/mol. The van der Waals surface area contributed by atoms with Crippen LogP contribution in [0.2, 0.25) is 0 Å². The molecular weight excluding hydrogens is 356 g/mol. The summed E-state index contributed by atoms with van der Waals surface area (Å²) in [7, 11) is 5.56. The van der Waals surface area contributed by atoms with Crippen LogP contribution < -0.4 is 26.6 Å². The molecule has 0 aromatic carbocycles. The highest BCUT2D eigenvalue weighted by molar-refractivity contribution is 6.07. The van der Waals surface area contributed by atoms with Crippen LogP contribution in [0.5, 0.6) is 0 Å². The lowest BCUT2D eigenvalue weighted by atomic mass is 9.79. The molecule has 5 N–H and O–H groups in total. The molecule has 3 rings (SSSR count). The molecule has 1 saturated carbocycles. The van der Waals surface area contributed by atoms with E-state index in [1.165, 1.54) is 0 Å². The lowest BCUT2D eigenvalue weighted by Crippen LogP contribution is -2.37. The van der Waals surface area contributed by atoms with Crippen molar-refractivity contribution in [2.75, 3.05) is 48.5 Å². The Morgan fingerprint density at radius 1 is 1.18 bits per heavy atom. The van der Waals surface area contributed by atoms with Crippen LogP contribution in [-0.4, -0.2) is 54.8 Å². The van der Waals surface area contributed by atoms with Gasteiger partial charge in [-0.3, -0.25) is 4.79 Å². The smallest absolute Gasteiger partial charge is 0.260 e. The van der Waals surface area contributed by atoms with Gasteiger partial charge in [-0.25, -0.2) is 4.98 Å². The van der Waals surface area contributed by atoms with Gasteiger partial charge in [-0.1, -0.05) is 0 Å². The third-order valence-corrected chi connectivity index (χ3v) is 4.86. The first kappa shape index (κ1) is 19.8. The van der Waals surface area contributed by atoms with Crippen molar-refractivity contribution in [3.63, 3.8) is 0 Å². The molecule has 2 heterocycles. The Morgan fingerprint density at radius 2 is 1.93 bits per heavy atom. The maximum atomic E-state index is 12.8. The normalized spacial score (nSPS) is 18.1. The molecule has 1 fully saturated rings. The minimum absolute atomic E-state index is 0.282. The van der Waals surface area contributed by atoms with E-state index in [2.05, 4.69) is 31.1 Å². The van der Waals surface area contributed by atoms with Gasteiger partial charge in [0.15, 0.2) is 11.6 Å². The third kappa shape index (κ3) is 4.86. The van der Waals surface area contributed by atoms with Gasteiger partial charge in [0.05, 0.1) is 5.56 Å². The van der Waals surface area contributed by atoms with E-state index < -0.39 is 0 Å². The monoisotopic (exact) mass is 384 g/mol. The lowest BCUT2D eigenvalue weighted by Gasteiger charge is -2.32. The Morgan fingerprint density at radius 3 is 2.54 bits per heavy atom. The number of nitrogens with one attached hydrogen (secondary N) is 3. The summed E-state index contributed by atoms with van der Waals surface area (Å²) in [5.41, 5.74) is 6.31. The SMILES string of the molecule is CNc1ccc(C(=O)Nc2ccc(N(C)C)nn2)c(NCCC2CC(N)C2)n1. The second-order valence-electron chi connectivity index (χ2n) is 7.28. The van der Waals surface area contributed by atoms with E-state index in [0.29, 0.717) is 35.0 Å². The first-order chi connectivity index (χ1) is 13.5. The highest BCUT2D eigenvalue weighted by atomic mass is 16.1. The van der Waals surface area contributed by atoms with Gasteiger partial charge in [0, 0.05) is 33.7 Å². The van der Waals surface area contributed by atoms with E-state index >= 15 is 0 Å². The molecule has 9 nitrogen and oxygen atoms in total. The van der Waals surface area contributed by atoms with Crippen LogP contribution in [0.25, 0.3) is 0 Å². The molecule has 0 saturated heterocycles. The molecule has 1 aliphatic carbocycles. The number of rotatable bonds is 8. The van der Waals surface area contributed by atoms with Gasteiger partial charge in [0.1, 0.15) is 11.6 Å². The van der Waals surface area contributed by atoms with Gasteiger partial charge in [-0.05, 0) is 49.4 Å². The van der Waals surface area contributed by atoms with Gasteiger partial charge in [-0.2, -0.15) is 0 Å². The van der Waals surface area contributed by atoms with Gasteiger partial charge < -0.3 is 26.6 Å². The molecule has 1 aliphatic rings. The van der Waals surface area contributed by atoms with Crippen molar-refractivity contribution in [2.24, 2.45) is 11.7 Å². The van der Waals surface area contributed by atoms with Crippen LogP contribution >= 0.6 is 0 Å². The molecule has 9 heteroatoms. The molecule has 2 aromatic heterocycles. The van der Waals surface area contributed by atoms with E-state index in [9.17, 15) is 4.79 Å². The Kier molecular flexibility index (Phi) is 6.25. The summed E-state index contributed by atoms with van der Waals surface area (Å²) >= 11 is 0. The first-order valence-corrected chi connectivity index (χ1v) is 9.47. The number of aromatic nitrogens is 3. The van der Waals surface area contributed by atoms with Crippen molar-refractivity contribution in [1.82, 2.24) is 15.2 Å². The number of anilines is 4. The van der Waals surface area contributed by atoms with Crippen LogP contribution in [0, 0.1) is 5.92 Å². The molecular formula is C19H28N8O. The zero-order valence-electron chi connectivity index (χ0n) is 16.6. The zero-order valence-corrected chi connectivity index (χ0v) is 16.6. The van der Waals surface area contributed by atoms with Crippen LogP contribution in [0.1, 0.15) is 29.6 Å². The summed E-state index contributed by atoms with van der Waals surface area (Å²) in [5, 5.41) is 17.2. The molecule has 0 aliphatic heterocycles. The second kappa shape index (κ2) is 8.83. The number of carbonyl (C=O) groups excluding carboxylic acids is 1. The maximum absolute atomic E-state index is 12.8.